The first kappa shape index (κ1) is 65.0. The van der Waals surface area contributed by atoms with Crippen LogP contribution in [0.25, 0.3) is 0 Å². The van der Waals surface area contributed by atoms with Gasteiger partial charge in [-0.1, -0.05) is 96.8 Å². The topological polar surface area (TPSA) is 331 Å². The van der Waals surface area contributed by atoms with Crippen molar-refractivity contribution < 1.29 is 63.3 Å². The number of hydrogen-bond donors (Lipinski definition) is 9. The number of phenols is 1. The molecule has 23 nitrogen and oxygen atoms in total. The van der Waals surface area contributed by atoms with Gasteiger partial charge in [-0.2, -0.15) is 0 Å². The number of phenolic OH excluding ortho intramolecular Hbond substituents is 1. The van der Waals surface area contributed by atoms with Gasteiger partial charge in [0.15, 0.2) is 0 Å². The van der Waals surface area contributed by atoms with Crippen molar-refractivity contribution in [1.82, 2.24) is 46.2 Å². The van der Waals surface area contributed by atoms with Crippen molar-refractivity contribution in [2.45, 2.75) is 198 Å². The summed E-state index contributed by atoms with van der Waals surface area (Å²) in [7, 11) is 0. The number of aromatic hydroxyl groups is 1. The summed E-state index contributed by atoms with van der Waals surface area (Å²) in [6.45, 7) is 13.1. The maximum Gasteiger partial charge on any atom is 0.326 e. The SMILES string of the molecule is CC[C@H](C)[C@H](N)C(=O)N[C@@H](Cc1ccccc1)C(=O)N[C@H](C(=O)N[C@@H](CC(C)C)C(=O)N1CCC[C@H]1C(=O)N1CCC[C@H]1C(=O)N[C@@H](Cc1ccc(O)cc1)C(=O)N[C@H](C(=O)N1CCC[C@H]1C(=O)N1CCC[C@H]1C(=O)O)[C@@H](C)CC)[C@@H](C)O. The van der Waals surface area contributed by atoms with Gasteiger partial charge in [-0.3, -0.25) is 43.2 Å². The van der Waals surface area contributed by atoms with E-state index in [2.05, 4.69) is 26.6 Å². The minimum Gasteiger partial charge on any atom is -0.508 e. The van der Waals surface area contributed by atoms with Gasteiger partial charge in [0.1, 0.15) is 60.1 Å². The van der Waals surface area contributed by atoms with Crippen LogP contribution in [-0.4, -0.2) is 187 Å². The number of aliphatic carboxylic acids is 1. The lowest BCUT2D eigenvalue weighted by atomic mass is 9.96. The number of aliphatic hydroxyl groups excluding tert-OH is 1. The minimum absolute atomic E-state index is 0.0282. The number of likely N-dealkylation sites (tertiary alicyclic amines) is 4. The van der Waals surface area contributed by atoms with Crippen LogP contribution in [0.4, 0.5) is 0 Å². The second-order valence-electron chi connectivity index (χ2n) is 23.5. The van der Waals surface area contributed by atoms with Crippen LogP contribution in [0.3, 0.4) is 0 Å². The lowest BCUT2D eigenvalue weighted by Gasteiger charge is -2.35. The molecule has 23 heteroatoms. The van der Waals surface area contributed by atoms with E-state index in [0.717, 1.165) is 0 Å². The molecule has 0 aromatic heterocycles. The molecular weight excluding hydrogens is 1070 g/mol. The van der Waals surface area contributed by atoms with Crippen LogP contribution in [0.2, 0.25) is 0 Å². The van der Waals surface area contributed by atoms with Crippen molar-refractivity contribution in [3.05, 3.63) is 65.7 Å². The molecule has 0 unspecified atom stereocenters. The van der Waals surface area contributed by atoms with E-state index < -0.39 is 132 Å². The Labute approximate surface area is 486 Å². The average molecular weight is 1160 g/mol. The van der Waals surface area contributed by atoms with E-state index in [1.165, 1.54) is 38.7 Å². The molecule has 4 heterocycles. The van der Waals surface area contributed by atoms with Crippen LogP contribution < -0.4 is 32.3 Å². The van der Waals surface area contributed by atoms with E-state index in [9.17, 15) is 63.3 Å². The second-order valence-corrected chi connectivity index (χ2v) is 23.5. The molecule has 456 valence electrons. The zero-order valence-corrected chi connectivity index (χ0v) is 49.1. The summed E-state index contributed by atoms with van der Waals surface area (Å²) < 4.78 is 0. The minimum atomic E-state index is -1.58. The maximum atomic E-state index is 14.8. The number of amides is 9. The highest BCUT2D eigenvalue weighted by Gasteiger charge is 2.47. The molecule has 0 aliphatic carbocycles. The number of aliphatic hydroxyl groups is 1. The van der Waals surface area contributed by atoms with E-state index in [1.54, 1.807) is 49.4 Å². The van der Waals surface area contributed by atoms with Crippen molar-refractivity contribution in [2.24, 2.45) is 23.5 Å². The summed E-state index contributed by atoms with van der Waals surface area (Å²) in [4.78, 5) is 146. The fourth-order valence-electron chi connectivity index (χ4n) is 11.7. The van der Waals surface area contributed by atoms with Crippen LogP contribution in [-0.2, 0) is 60.8 Å². The molecule has 4 aliphatic heterocycles. The third-order valence-electron chi connectivity index (χ3n) is 16.9. The Hall–Kier alpha value is -7.14. The zero-order valence-electron chi connectivity index (χ0n) is 49.1. The van der Waals surface area contributed by atoms with Crippen LogP contribution in [0.15, 0.2) is 54.6 Å². The number of carboxylic acid groups (broad SMARTS) is 1. The molecule has 0 radical (unpaired) electrons. The number of carbonyl (C=O) groups is 10. The normalized spacial score (nSPS) is 22.1. The van der Waals surface area contributed by atoms with Gasteiger partial charge in [0.2, 0.25) is 53.2 Å². The van der Waals surface area contributed by atoms with Crippen molar-refractivity contribution >= 4 is 59.1 Å². The van der Waals surface area contributed by atoms with E-state index in [1.807, 2.05) is 34.6 Å². The molecule has 0 bridgehead atoms. The van der Waals surface area contributed by atoms with Gasteiger partial charge in [-0.15, -0.1) is 0 Å². The lowest BCUT2D eigenvalue weighted by Crippen LogP contribution is -2.62. The highest BCUT2D eigenvalue weighted by Crippen LogP contribution is 2.29. The van der Waals surface area contributed by atoms with E-state index in [0.29, 0.717) is 62.5 Å². The number of carboxylic acids is 1. The average Bonchev–Trinajstić information content (AvgIpc) is 4.55. The lowest BCUT2D eigenvalue weighted by molar-refractivity contribution is -0.152. The monoisotopic (exact) mass is 1160 g/mol. The number of nitrogens with zero attached hydrogens (tertiary/aromatic N) is 4. The molecular formula is C60H88N10O13. The molecule has 0 spiro atoms. The highest BCUT2D eigenvalue weighted by molar-refractivity contribution is 5.99. The number of hydrogen-bond acceptors (Lipinski definition) is 13. The summed E-state index contributed by atoms with van der Waals surface area (Å²) in [6, 6.07) is 3.61. The van der Waals surface area contributed by atoms with Crippen LogP contribution in [0, 0.1) is 17.8 Å². The zero-order chi connectivity index (χ0) is 60.8. The van der Waals surface area contributed by atoms with Crippen molar-refractivity contribution in [2.75, 3.05) is 26.2 Å². The van der Waals surface area contributed by atoms with E-state index in [4.69, 9.17) is 5.73 Å². The number of rotatable bonds is 26. The fourth-order valence-corrected chi connectivity index (χ4v) is 11.7. The Morgan fingerprint density at radius 1 is 0.530 bits per heavy atom. The molecule has 4 aliphatic rings. The van der Waals surface area contributed by atoms with Gasteiger partial charge in [0.25, 0.3) is 0 Å². The molecule has 2 aromatic rings. The Bertz CT molecular complexity index is 2620. The van der Waals surface area contributed by atoms with Gasteiger partial charge in [-0.25, -0.2) is 4.79 Å². The summed E-state index contributed by atoms with van der Waals surface area (Å²) in [6.07, 6.45) is 2.64. The fraction of sp³-hybridized carbons (Fsp3) is 0.633. The predicted octanol–water partition coefficient (Wildman–Crippen LogP) is 1.50. The molecule has 2 aromatic carbocycles. The van der Waals surface area contributed by atoms with Crippen LogP contribution in [0.5, 0.6) is 5.75 Å². The molecule has 0 saturated carbocycles. The molecule has 9 amide bonds. The Kier molecular flexibility index (Phi) is 23.4. The Morgan fingerprint density at radius 3 is 1.51 bits per heavy atom. The first-order valence-electron chi connectivity index (χ1n) is 29.7. The van der Waals surface area contributed by atoms with Gasteiger partial charge >= 0.3 is 5.97 Å². The third kappa shape index (κ3) is 16.6. The first-order valence-corrected chi connectivity index (χ1v) is 29.7. The molecule has 83 heavy (non-hydrogen) atoms. The number of carbonyl (C=O) groups excluding carboxylic acids is 9. The largest absolute Gasteiger partial charge is 0.508 e. The molecule has 13 atom stereocenters. The van der Waals surface area contributed by atoms with Gasteiger partial charge < -0.3 is 67.2 Å². The molecule has 10 N–H and O–H groups in total. The summed E-state index contributed by atoms with van der Waals surface area (Å²) in [5, 5.41) is 44.7. The second kappa shape index (κ2) is 29.9. The Morgan fingerprint density at radius 2 is 0.988 bits per heavy atom. The van der Waals surface area contributed by atoms with Gasteiger partial charge in [-0.05, 0) is 106 Å². The number of benzene rings is 2. The number of nitrogens with one attached hydrogen (secondary N) is 5. The third-order valence-corrected chi connectivity index (χ3v) is 16.9. The molecule has 4 fully saturated rings. The summed E-state index contributed by atoms with van der Waals surface area (Å²) in [5.41, 5.74) is 7.49. The Balaban J connectivity index is 1.17. The highest BCUT2D eigenvalue weighted by atomic mass is 16.4. The summed E-state index contributed by atoms with van der Waals surface area (Å²) >= 11 is 0. The molecule has 6 rings (SSSR count). The maximum absolute atomic E-state index is 14.8. The van der Waals surface area contributed by atoms with E-state index >= 15 is 0 Å². The predicted molar refractivity (Wildman–Crippen MR) is 306 cm³/mol. The van der Waals surface area contributed by atoms with Crippen molar-refractivity contribution in [3.63, 3.8) is 0 Å². The van der Waals surface area contributed by atoms with Crippen molar-refractivity contribution in [1.29, 1.82) is 0 Å². The quantitative estimate of drug-likeness (QED) is 0.0645. The van der Waals surface area contributed by atoms with E-state index in [-0.39, 0.29) is 75.9 Å². The molecule has 4 saturated heterocycles. The standard InChI is InChI=1S/C60H88N10O13/c1-8-35(5)48(61)54(76)63-42(32-38-17-11-10-12-18-38)52(74)66-50(37(7)71)55(77)64-43(31-34(3)4)56(78)68-28-14-20-45(68)57(79)67-27-13-19-44(67)53(75)62-41(33-39-23-25-40(72)26-24-39)51(73)65-49(36(6)9-2)59(81)69-29-15-21-46(69)58(80)70-30-16-22-47(70)60(82)83/h10-12,17-18,23-26,34-37,41-50,71-72H,8-9,13-16,19-22,27-33,61H2,1-7H3,(H,62,75)(H,63,76)(H,64,77)(H,65,73)(H,66,74)(H,82,83)/t35-,36-,37+,41-,42-,43-,44-,45-,46-,47-,48-,49-,50-/m0/s1. The first-order chi connectivity index (χ1) is 39.4. The van der Waals surface area contributed by atoms with Crippen LogP contribution >= 0.6 is 0 Å². The van der Waals surface area contributed by atoms with Gasteiger partial charge in [0.05, 0.1) is 12.1 Å². The van der Waals surface area contributed by atoms with Crippen LogP contribution in [0.1, 0.15) is 130 Å². The summed E-state index contributed by atoms with van der Waals surface area (Å²) in [5.74, 6) is -7.54. The van der Waals surface area contributed by atoms with Crippen molar-refractivity contribution in [3.8, 4) is 5.75 Å². The smallest absolute Gasteiger partial charge is 0.326 e. The van der Waals surface area contributed by atoms with Gasteiger partial charge in [0, 0.05) is 39.0 Å². The number of nitrogens with two attached hydrogens (primary N) is 1.